The smallest absolute Gasteiger partial charge is 0.268 e. The van der Waals surface area contributed by atoms with Gasteiger partial charge in [-0.25, -0.2) is 0 Å². The highest BCUT2D eigenvalue weighted by atomic mass is 16.1. The van der Waals surface area contributed by atoms with Gasteiger partial charge in [0.15, 0.2) is 0 Å². The largest absolute Gasteiger partial charge is 0.397 e. The molecule has 0 fully saturated rings. The van der Waals surface area contributed by atoms with E-state index in [1.807, 2.05) is 29.7 Å². The zero-order valence-corrected chi connectivity index (χ0v) is 12.9. The molecule has 0 saturated carbocycles. The van der Waals surface area contributed by atoms with Crippen molar-refractivity contribution >= 4 is 11.6 Å². The quantitative estimate of drug-likeness (QED) is 0.887. The monoisotopic (exact) mass is 285 g/mol. The molecule has 2 aromatic rings. The maximum Gasteiger partial charge on any atom is 0.268 e. The van der Waals surface area contributed by atoms with Crippen LogP contribution in [0.25, 0.3) is 0 Å². The van der Waals surface area contributed by atoms with Gasteiger partial charge in [0.2, 0.25) is 0 Å². The molecule has 0 bridgehead atoms. The number of carbonyl (C=O) groups is 1. The van der Waals surface area contributed by atoms with E-state index in [4.69, 9.17) is 5.73 Å². The highest BCUT2D eigenvalue weighted by Crippen LogP contribution is 2.22. The van der Waals surface area contributed by atoms with Crippen molar-refractivity contribution in [1.82, 2.24) is 9.88 Å². The lowest BCUT2D eigenvalue weighted by Gasteiger charge is -2.25. The minimum atomic E-state index is -0.119. The van der Waals surface area contributed by atoms with E-state index < -0.39 is 0 Å². The highest BCUT2D eigenvalue weighted by molar-refractivity contribution is 5.93. The standard InChI is InChI=1S/C17H23N3O/c1-4-20-11-14(18)10-15(20)16(21)19-12-17(2,3)13-8-6-5-7-9-13/h5-11H,4,12,18H2,1-3H3,(H,19,21). The van der Waals surface area contributed by atoms with Gasteiger partial charge in [0, 0.05) is 24.7 Å². The molecule has 0 aliphatic carbocycles. The van der Waals surface area contributed by atoms with Crippen LogP contribution < -0.4 is 11.1 Å². The molecule has 1 aromatic carbocycles. The van der Waals surface area contributed by atoms with E-state index in [9.17, 15) is 4.79 Å². The zero-order chi connectivity index (χ0) is 15.5. The number of anilines is 1. The third-order valence-corrected chi connectivity index (χ3v) is 3.74. The Hall–Kier alpha value is -2.23. The van der Waals surface area contributed by atoms with Crippen molar-refractivity contribution in [1.29, 1.82) is 0 Å². The molecule has 112 valence electrons. The van der Waals surface area contributed by atoms with Crippen molar-refractivity contribution in [3.63, 3.8) is 0 Å². The lowest BCUT2D eigenvalue weighted by molar-refractivity contribution is 0.0936. The summed E-state index contributed by atoms with van der Waals surface area (Å²) in [4.78, 5) is 12.3. The van der Waals surface area contributed by atoms with Crippen LogP contribution in [0.3, 0.4) is 0 Å². The summed E-state index contributed by atoms with van der Waals surface area (Å²) < 4.78 is 1.86. The van der Waals surface area contributed by atoms with E-state index in [2.05, 4.69) is 31.3 Å². The first kappa shape index (κ1) is 15.2. The fourth-order valence-electron chi connectivity index (χ4n) is 2.37. The van der Waals surface area contributed by atoms with Gasteiger partial charge in [-0.1, -0.05) is 44.2 Å². The molecule has 1 amide bonds. The Morgan fingerprint density at radius 2 is 1.95 bits per heavy atom. The molecular formula is C17H23N3O. The van der Waals surface area contributed by atoms with Crippen molar-refractivity contribution in [3.05, 3.63) is 53.9 Å². The zero-order valence-electron chi connectivity index (χ0n) is 12.9. The van der Waals surface area contributed by atoms with Crippen LogP contribution in [0.15, 0.2) is 42.6 Å². The minimum absolute atomic E-state index is 0.0856. The molecular weight excluding hydrogens is 262 g/mol. The van der Waals surface area contributed by atoms with Gasteiger partial charge in [-0.2, -0.15) is 0 Å². The van der Waals surface area contributed by atoms with Crippen LogP contribution in [0.5, 0.6) is 0 Å². The Bertz CT molecular complexity index is 614. The Kier molecular flexibility index (Phi) is 4.36. The summed E-state index contributed by atoms with van der Waals surface area (Å²) in [6.07, 6.45) is 1.79. The van der Waals surface area contributed by atoms with Gasteiger partial charge in [-0.05, 0) is 18.6 Å². The van der Waals surface area contributed by atoms with Gasteiger partial charge in [0.1, 0.15) is 5.69 Å². The van der Waals surface area contributed by atoms with E-state index in [-0.39, 0.29) is 11.3 Å². The van der Waals surface area contributed by atoms with Gasteiger partial charge in [0.05, 0.1) is 5.69 Å². The molecule has 0 radical (unpaired) electrons. The number of carbonyl (C=O) groups excluding carboxylic acids is 1. The molecule has 3 N–H and O–H groups in total. The fraction of sp³-hybridized carbons (Fsp3) is 0.353. The Morgan fingerprint density at radius 3 is 2.57 bits per heavy atom. The first-order valence-electron chi connectivity index (χ1n) is 7.23. The Labute approximate surface area is 126 Å². The maximum atomic E-state index is 12.3. The second-order valence-electron chi connectivity index (χ2n) is 5.88. The molecule has 4 heteroatoms. The van der Waals surface area contributed by atoms with E-state index in [1.54, 1.807) is 12.3 Å². The van der Waals surface area contributed by atoms with Crippen LogP contribution in [0, 0.1) is 0 Å². The van der Waals surface area contributed by atoms with Gasteiger partial charge < -0.3 is 15.6 Å². The third kappa shape index (κ3) is 3.45. The molecule has 0 aliphatic heterocycles. The predicted octanol–water partition coefficient (Wildman–Crippen LogP) is 2.80. The average Bonchev–Trinajstić information content (AvgIpc) is 2.87. The molecule has 1 heterocycles. The number of aryl methyl sites for hydroxylation is 1. The predicted molar refractivity (Wildman–Crippen MR) is 86.3 cm³/mol. The second-order valence-corrected chi connectivity index (χ2v) is 5.88. The topological polar surface area (TPSA) is 60.0 Å². The van der Waals surface area contributed by atoms with Gasteiger partial charge in [-0.3, -0.25) is 4.79 Å². The number of aromatic nitrogens is 1. The van der Waals surface area contributed by atoms with Crippen molar-refractivity contribution in [2.24, 2.45) is 0 Å². The molecule has 0 atom stereocenters. The summed E-state index contributed by atoms with van der Waals surface area (Å²) in [5.41, 5.74) is 8.08. The number of nitrogens with zero attached hydrogens (tertiary/aromatic N) is 1. The molecule has 4 nitrogen and oxygen atoms in total. The summed E-state index contributed by atoms with van der Waals surface area (Å²) >= 11 is 0. The third-order valence-electron chi connectivity index (χ3n) is 3.74. The van der Waals surface area contributed by atoms with E-state index >= 15 is 0 Å². The maximum absolute atomic E-state index is 12.3. The number of amides is 1. The van der Waals surface area contributed by atoms with Crippen molar-refractivity contribution in [2.45, 2.75) is 32.7 Å². The fourth-order valence-corrected chi connectivity index (χ4v) is 2.37. The second kappa shape index (κ2) is 6.04. The molecule has 0 spiro atoms. The summed E-state index contributed by atoms with van der Waals surface area (Å²) in [6.45, 7) is 7.53. The summed E-state index contributed by atoms with van der Waals surface area (Å²) in [6, 6.07) is 11.9. The number of rotatable bonds is 5. The van der Waals surface area contributed by atoms with Gasteiger partial charge in [-0.15, -0.1) is 0 Å². The summed E-state index contributed by atoms with van der Waals surface area (Å²) in [5.74, 6) is -0.0856. The Morgan fingerprint density at radius 1 is 1.29 bits per heavy atom. The summed E-state index contributed by atoms with van der Waals surface area (Å²) in [5, 5.41) is 3.01. The number of nitrogens with one attached hydrogen (secondary N) is 1. The number of nitrogens with two attached hydrogens (primary N) is 1. The van der Waals surface area contributed by atoms with Crippen LogP contribution in [-0.2, 0) is 12.0 Å². The number of benzene rings is 1. The van der Waals surface area contributed by atoms with Crippen LogP contribution in [0.2, 0.25) is 0 Å². The van der Waals surface area contributed by atoms with Crippen LogP contribution in [-0.4, -0.2) is 17.0 Å². The van der Waals surface area contributed by atoms with Crippen LogP contribution in [0.1, 0.15) is 36.8 Å². The van der Waals surface area contributed by atoms with Crippen molar-refractivity contribution in [3.8, 4) is 0 Å². The molecule has 2 rings (SSSR count). The SMILES string of the molecule is CCn1cc(N)cc1C(=O)NCC(C)(C)c1ccccc1. The van der Waals surface area contributed by atoms with Gasteiger partial charge >= 0.3 is 0 Å². The van der Waals surface area contributed by atoms with Gasteiger partial charge in [0.25, 0.3) is 5.91 Å². The first-order chi connectivity index (χ1) is 9.94. The highest BCUT2D eigenvalue weighted by Gasteiger charge is 2.22. The molecule has 1 aromatic heterocycles. The minimum Gasteiger partial charge on any atom is -0.397 e. The average molecular weight is 285 g/mol. The number of hydrogen-bond acceptors (Lipinski definition) is 2. The van der Waals surface area contributed by atoms with Crippen LogP contribution in [0.4, 0.5) is 5.69 Å². The number of nitrogen functional groups attached to an aromatic ring is 1. The molecule has 0 saturated heterocycles. The lowest BCUT2D eigenvalue weighted by Crippen LogP contribution is -2.37. The molecule has 0 aliphatic rings. The first-order valence-corrected chi connectivity index (χ1v) is 7.23. The van der Waals surface area contributed by atoms with E-state index in [1.165, 1.54) is 5.56 Å². The molecule has 21 heavy (non-hydrogen) atoms. The normalized spacial score (nSPS) is 11.4. The molecule has 0 unspecified atom stereocenters. The summed E-state index contributed by atoms with van der Waals surface area (Å²) in [7, 11) is 0. The number of hydrogen-bond donors (Lipinski definition) is 2. The van der Waals surface area contributed by atoms with Crippen molar-refractivity contribution in [2.75, 3.05) is 12.3 Å². The van der Waals surface area contributed by atoms with Crippen molar-refractivity contribution < 1.29 is 4.79 Å². The Balaban J connectivity index is 2.07. The van der Waals surface area contributed by atoms with E-state index in [0.29, 0.717) is 17.9 Å². The van der Waals surface area contributed by atoms with Crippen LogP contribution >= 0.6 is 0 Å². The lowest BCUT2D eigenvalue weighted by atomic mass is 9.84. The van der Waals surface area contributed by atoms with E-state index in [0.717, 1.165) is 6.54 Å².